The third-order valence-corrected chi connectivity index (χ3v) is 2.43. The van der Waals surface area contributed by atoms with Crippen molar-refractivity contribution in [3.63, 3.8) is 0 Å². The van der Waals surface area contributed by atoms with E-state index in [1.54, 1.807) is 18.2 Å². The van der Waals surface area contributed by atoms with Gasteiger partial charge in [0.15, 0.2) is 0 Å². The van der Waals surface area contributed by atoms with Gasteiger partial charge in [-0.1, -0.05) is 12.1 Å². The molecule has 1 saturated heterocycles. The zero-order valence-corrected chi connectivity index (χ0v) is 8.74. The highest BCUT2D eigenvalue weighted by molar-refractivity contribution is 5.91. The lowest BCUT2D eigenvalue weighted by molar-refractivity contribution is -0.117. The van der Waals surface area contributed by atoms with Gasteiger partial charge >= 0.3 is 0 Å². The lowest BCUT2D eigenvalue weighted by Crippen LogP contribution is -2.56. The van der Waals surface area contributed by atoms with Crippen molar-refractivity contribution in [2.75, 3.05) is 13.1 Å². The molecule has 0 unspecified atom stereocenters. The van der Waals surface area contributed by atoms with Crippen molar-refractivity contribution in [2.24, 2.45) is 0 Å². The number of hydrogen-bond donors (Lipinski definition) is 2. The highest BCUT2D eigenvalue weighted by Crippen LogP contribution is 2.04. The minimum Gasteiger partial charge on any atom is -0.347 e. The van der Waals surface area contributed by atoms with Gasteiger partial charge in [-0.15, -0.1) is 0 Å². The monoisotopic (exact) mass is 220 g/mol. The summed E-state index contributed by atoms with van der Waals surface area (Å²) in [7, 11) is 0. The van der Waals surface area contributed by atoms with E-state index in [1.165, 1.54) is 18.2 Å². The molecule has 0 radical (unpaired) electrons. The molecule has 2 rings (SSSR count). The number of halogens is 1. The Morgan fingerprint density at radius 2 is 2.06 bits per heavy atom. The van der Waals surface area contributed by atoms with E-state index in [0.717, 1.165) is 18.7 Å². The van der Waals surface area contributed by atoms with Crippen LogP contribution in [0.5, 0.6) is 0 Å². The van der Waals surface area contributed by atoms with E-state index in [4.69, 9.17) is 0 Å². The minimum absolute atomic E-state index is 0.115. The van der Waals surface area contributed by atoms with Crippen LogP contribution in [0.1, 0.15) is 5.56 Å². The van der Waals surface area contributed by atoms with Crippen LogP contribution >= 0.6 is 0 Å². The summed E-state index contributed by atoms with van der Waals surface area (Å²) in [5, 5.41) is 5.90. The summed E-state index contributed by atoms with van der Waals surface area (Å²) in [6.45, 7) is 1.66. The molecule has 4 heteroatoms. The molecule has 1 fully saturated rings. The van der Waals surface area contributed by atoms with Gasteiger partial charge in [-0.3, -0.25) is 4.79 Å². The number of hydrogen-bond acceptors (Lipinski definition) is 2. The van der Waals surface area contributed by atoms with Crippen molar-refractivity contribution in [2.45, 2.75) is 6.04 Å². The first kappa shape index (κ1) is 10.8. The predicted molar refractivity (Wildman–Crippen MR) is 60.2 cm³/mol. The van der Waals surface area contributed by atoms with Crippen LogP contribution in [-0.4, -0.2) is 25.0 Å². The molecule has 84 valence electrons. The molecule has 16 heavy (non-hydrogen) atoms. The average molecular weight is 220 g/mol. The maximum absolute atomic E-state index is 12.6. The SMILES string of the molecule is O=C(C=Cc1ccc(F)cc1)NC1CNC1. The Bertz CT molecular complexity index is 396. The van der Waals surface area contributed by atoms with Gasteiger partial charge in [0.05, 0.1) is 6.04 Å². The van der Waals surface area contributed by atoms with Gasteiger partial charge in [0.1, 0.15) is 5.82 Å². The average Bonchev–Trinajstić information content (AvgIpc) is 2.23. The second kappa shape index (κ2) is 4.90. The van der Waals surface area contributed by atoms with E-state index in [0.29, 0.717) is 0 Å². The van der Waals surface area contributed by atoms with Gasteiger partial charge in [-0.2, -0.15) is 0 Å². The van der Waals surface area contributed by atoms with E-state index in [-0.39, 0.29) is 17.8 Å². The lowest BCUT2D eigenvalue weighted by atomic mass is 10.1. The second-order valence-electron chi connectivity index (χ2n) is 3.75. The van der Waals surface area contributed by atoms with Crippen molar-refractivity contribution in [3.8, 4) is 0 Å². The molecule has 0 spiro atoms. The number of amides is 1. The fourth-order valence-electron chi connectivity index (χ4n) is 1.39. The predicted octanol–water partition coefficient (Wildman–Crippen LogP) is 0.927. The molecule has 1 aliphatic rings. The zero-order valence-electron chi connectivity index (χ0n) is 8.74. The molecule has 3 nitrogen and oxygen atoms in total. The van der Waals surface area contributed by atoms with Gasteiger partial charge in [-0.25, -0.2) is 4.39 Å². The summed E-state index contributed by atoms with van der Waals surface area (Å²) in [4.78, 5) is 11.4. The number of rotatable bonds is 3. The van der Waals surface area contributed by atoms with Crippen molar-refractivity contribution in [3.05, 3.63) is 41.7 Å². The molecule has 0 saturated carbocycles. The minimum atomic E-state index is -0.276. The number of carbonyl (C=O) groups is 1. The summed E-state index contributed by atoms with van der Waals surface area (Å²) in [6, 6.07) is 6.24. The number of nitrogens with one attached hydrogen (secondary N) is 2. The largest absolute Gasteiger partial charge is 0.347 e. The Morgan fingerprint density at radius 1 is 1.38 bits per heavy atom. The van der Waals surface area contributed by atoms with Crippen LogP contribution in [0.4, 0.5) is 4.39 Å². The standard InChI is InChI=1S/C12H13FN2O/c13-10-4-1-9(2-5-10)3-6-12(16)15-11-7-14-8-11/h1-6,11,14H,7-8H2,(H,15,16). The Labute approximate surface area is 93.4 Å². The van der Waals surface area contributed by atoms with E-state index in [9.17, 15) is 9.18 Å². The van der Waals surface area contributed by atoms with Gasteiger partial charge < -0.3 is 10.6 Å². The Kier molecular flexibility index (Phi) is 3.31. The zero-order chi connectivity index (χ0) is 11.4. The van der Waals surface area contributed by atoms with Crippen LogP contribution in [0.25, 0.3) is 6.08 Å². The highest BCUT2D eigenvalue weighted by atomic mass is 19.1. The van der Waals surface area contributed by atoms with E-state index >= 15 is 0 Å². The van der Waals surface area contributed by atoms with Crippen LogP contribution < -0.4 is 10.6 Å². The van der Waals surface area contributed by atoms with Gasteiger partial charge in [0.2, 0.25) is 5.91 Å². The molecule has 1 aromatic rings. The summed E-state index contributed by atoms with van der Waals surface area (Å²) in [5.74, 6) is -0.391. The first-order valence-electron chi connectivity index (χ1n) is 5.19. The maximum Gasteiger partial charge on any atom is 0.244 e. The maximum atomic E-state index is 12.6. The van der Waals surface area contributed by atoms with Crippen molar-refractivity contribution >= 4 is 12.0 Å². The second-order valence-corrected chi connectivity index (χ2v) is 3.75. The van der Waals surface area contributed by atoms with Crippen molar-refractivity contribution in [1.29, 1.82) is 0 Å². The summed E-state index contributed by atoms with van der Waals surface area (Å²) < 4.78 is 12.6. The molecule has 1 aromatic carbocycles. The molecule has 1 heterocycles. The Balaban J connectivity index is 1.87. The summed E-state index contributed by atoms with van der Waals surface area (Å²) in [5.41, 5.74) is 0.809. The third-order valence-electron chi connectivity index (χ3n) is 2.43. The van der Waals surface area contributed by atoms with Gasteiger partial charge in [0, 0.05) is 19.2 Å². The van der Waals surface area contributed by atoms with Crippen LogP contribution in [-0.2, 0) is 4.79 Å². The van der Waals surface area contributed by atoms with Crippen molar-refractivity contribution < 1.29 is 9.18 Å². The highest BCUT2D eigenvalue weighted by Gasteiger charge is 2.16. The Hall–Kier alpha value is -1.68. The van der Waals surface area contributed by atoms with Crippen LogP contribution in [0.15, 0.2) is 30.3 Å². The summed E-state index contributed by atoms with van der Waals surface area (Å²) in [6.07, 6.45) is 3.13. The van der Waals surface area contributed by atoms with Gasteiger partial charge in [-0.05, 0) is 23.8 Å². The molecule has 1 aliphatic heterocycles. The molecule has 0 aliphatic carbocycles. The fourth-order valence-corrected chi connectivity index (χ4v) is 1.39. The molecular formula is C12H13FN2O. The number of benzene rings is 1. The van der Waals surface area contributed by atoms with Crippen LogP contribution in [0.2, 0.25) is 0 Å². The first-order valence-corrected chi connectivity index (χ1v) is 5.19. The molecule has 0 bridgehead atoms. The quantitative estimate of drug-likeness (QED) is 0.744. The van der Waals surface area contributed by atoms with Crippen LogP contribution in [0, 0.1) is 5.82 Å². The van der Waals surface area contributed by atoms with Crippen molar-refractivity contribution in [1.82, 2.24) is 10.6 Å². The van der Waals surface area contributed by atoms with E-state index < -0.39 is 0 Å². The third kappa shape index (κ3) is 2.90. The lowest BCUT2D eigenvalue weighted by Gasteiger charge is -2.27. The molecular weight excluding hydrogens is 207 g/mol. The fraction of sp³-hybridized carbons (Fsp3) is 0.250. The molecule has 2 N–H and O–H groups in total. The van der Waals surface area contributed by atoms with Crippen LogP contribution in [0.3, 0.4) is 0 Å². The van der Waals surface area contributed by atoms with E-state index in [1.807, 2.05) is 0 Å². The summed E-state index contributed by atoms with van der Waals surface area (Å²) >= 11 is 0. The van der Waals surface area contributed by atoms with Gasteiger partial charge in [0.25, 0.3) is 0 Å². The molecule has 0 atom stereocenters. The Morgan fingerprint density at radius 3 is 2.62 bits per heavy atom. The van der Waals surface area contributed by atoms with E-state index in [2.05, 4.69) is 10.6 Å². The topological polar surface area (TPSA) is 41.1 Å². The smallest absolute Gasteiger partial charge is 0.244 e. The normalized spacial score (nSPS) is 16.1. The number of carbonyl (C=O) groups excluding carboxylic acids is 1. The molecule has 0 aromatic heterocycles. The molecule has 1 amide bonds. The first-order chi connectivity index (χ1) is 7.74.